The van der Waals surface area contributed by atoms with Gasteiger partial charge in [0.25, 0.3) is 0 Å². The van der Waals surface area contributed by atoms with E-state index in [1.807, 2.05) is 11.9 Å². The van der Waals surface area contributed by atoms with E-state index in [9.17, 15) is 4.79 Å². The van der Waals surface area contributed by atoms with Crippen LogP contribution in [0.25, 0.3) is 0 Å². The van der Waals surface area contributed by atoms with Crippen LogP contribution in [0, 0.1) is 5.41 Å². The fourth-order valence-corrected chi connectivity index (χ4v) is 1.20. The lowest BCUT2D eigenvalue weighted by Gasteiger charge is -2.25. The molecule has 0 bridgehead atoms. The third-order valence-corrected chi connectivity index (χ3v) is 1.85. The zero-order valence-corrected chi connectivity index (χ0v) is 8.42. The van der Waals surface area contributed by atoms with Crippen molar-refractivity contribution >= 4 is 5.97 Å². The lowest BCUT2D eigenvalue weighted by atomic mass is 9.93. The topological polar surface area (TPSA) is 40.5 Å². The molecule has 0 saturated carbocycles. The van der Waals surface area contributed by atoms with Gasteiger partial charge in [0.2, 0.25) is 0 Å². The van der Waals surface area contributed by atoms with E-state index in [4.69, 9.17) is 5.11 Å². The van der Waals surface area contributed by atoms with Crippen molar-refractivity contribution in [1.29, 1.82) is 0 Å². The third kappa shape index (κ3) is 3.72. The fourth-order valence-electron chi connectivity index (χ4n) is 1.20. The second-order valence-electron chi connectivity index (χ2n) is 3.93. The maximum Gasteiger partial charge on any atom is 0.310 e. The summed E-state index contributed by atoms with van der Waals surface area (Å²) < 4.78 is 0. The molecule has 0 rings (SSSR count). The van der Waals surface area contributed by atoms with E-state index in [2.05, 4.69) is 6.92 Å². The normalized spacial score (nSPS) is 12.1. The zero-order valence-electron chi connectivity index (χ0n) is 8.42. The van der Waals surface area contributed by atoms with Gasteiger partial charge < -0.3 is 10.0 Å². The second kappa shape index (κ2) is 4.45. The van der Waals surface area contributed by atoms with Crippen LogP contribution >= 0.6 is 0 Å². The molecule has 0 saturated heterocycles. The molecule has 0 atom stereocenters. The lowest BCUT2D eigenvalue weighted by Crippen LogP contribution is -2.37. The Hall–Kier alpha value is -0.570. The summed E-state index contributed by atoms with van der Waals surface area (Å²) >= 11 is 0. The average Bonchev–Trinajstić information content (AvgIpc) is 1.85. The molecule has 3 nitrogen and oxygen atoms in total. The summed E-state index contributed by atoms with van der Waals surface area (Å²) in [5, 5.41) is 8.83. The van der Waals surface area contributed by atoms with Crippen LogP contribution in [0.3, 0.4) is 0 Å². The van der Waals surface area contributed by atoms with E-state index < -0.39 is 11.4 Å². The summed E-state index contributed by atoms with van der Waals surface area (Å²) in [6, 6.07) is 0. The molecule has 0 aliphatic carbocycles. The first kappa shape index (κ1) is 11.4. The maximum absolute atomic E-state index is 10.7. The van der Waals surface area contributed by atoms with Gasteiger partial charge in [-0.15, -0.1) is 0 Å². The Morgan fingerprint density at radius 1 is 1.50 bits per heavy atom. The van der Waals surface area contributed by atoms with E-state index in [1.54, 1.807) is 13.8 Å². The quantitative estimate of drug-likeness (QED) is 0.684. The van der Waals surface area contributed by atoms with Crippen molar-refractivity contribution in [1.82, 2.24) is 4.90 Å². The minimum atomic E-state index is -0.731. The van der Waals surface area contributed by atoms with Crippen molar-refractivity contribution in [3.63, 3.8) is 0 Å². The fraction of sp³-hybridized carbons (Fsp3) is 0.889. The number of carbonyl (C=O) groups is 1. The minimum absolute atomic E-state index is 0.607. The van der Waals surface area contributed by atoms with Crippen LogP contribution in [0.4, 0.5) is 0 Å². The van der Waals surface area contributed by atoms with Crippen molar-refractivity contribution < 1.29 is 9.90 Å². The van der Waals surface area contributed by atoms with E-state index in [1.165, 1.54) is 0 Å². The van der Waals surface area contributed by atoms with E-state index in [0.717, 1.165) is 13.0 Å². The molecule has 72 valence electrons. The monoisotopic (exact) mass is 173 g/mol. The Labute approximate surface area is 74.4 Å². The van der Waals surface area contributed by atoms with Crippen LogP contribution < -0.4 is 0 Å². The highest BCUT2D eigenvalue weighted by Gasteiger charge is 2.28. The van der Waals surface area contributed by atoms with Crippen molar-refractivity contribution in [2.45, 2.75) is 27.2 Å². The summed E-state index contributed by atoms with van der Waals surface area (Å²) in [4.78, 5) is 12.8. The molecule has 0 aliphatic rings. The predicted molar refractivity (Wildman–Crippen MR) is 49.2 cm³/mol. The van der Waals surface area contributed by atoms with Crippen LogP contribution in [0.2, 0.25) is 0 Å². The second-order valence-corrected chi connectivity index (χ2v) is 3.93. The smallest absolute Gasteiger partial charge is 0.310 e. The highest BCUT2D eigenvalue weighted by Crippen LogP contribution is 2.16. The number of hydrogen-bond acceptors (Lipinski definition) is 2. The number of rotatable bonds is 5. The lowest BCUT2D eigenvalue weighted by molar-refractivity contribution is -0.147. The van der Waals surface area contributed by atoms with E-state index in [-0.39, 0.29) is 0 Å². The van der Waals surface area contributed by atoms with E-state index >= 15 is 0 Å². The summed E-state index contributed by atoms with van der Waals surface area (Å²) in [5.74, 6) is -0.731. The van der Waals surface area contributed by atoms with Crippen LogP contribution in [0.5, 0.6) is 0 Å². The van der Waals surface area contributed by atoms with Gasteiger partial charge in [-0.3, -0.25) is 4.79 Å². The molecule has 0 aromatic rings. The largest absolute Gasteiger partial charge is 0.481 e. The Morgan fingerprint density at radius 3 is 2.33 bits per heavy atom. The predicted octanol–water partition coefficient (Wildman–Crippen LogP) is 1.44. The van der Waals surface area contributed by atoms with Crippen molar-refractivity contribution in [3.8, 4) is 0 Å². The van der Waals surface area contributed by atoms with Gasteiger partial charge in [-0.2, -0.15) is 0 Å². The van der Waals surface area contributed by atoms with Crippen molar-refractivity contribution in [2.24, 2.45) is 5.41 Å². The van der Waals surface area contributed by atoms with Gasteiger partial charge >= 0.3 is 5.97 Å². The van der Waals surface area contributed by atoms with Gasteiger partial charge in [-0.25, -0.2) is 0 Å². The standard InChI is InChI=1S/C9H19NO2/c1-5-6-10(4)7-9(2,3)8(11)12/h5-7H2,1-4H3,(H,11,12). The molecule has 0 amide bonds. The third-order valence-electron chi connectivity index (χ3n) is 1.85. The van der Waals surface area contributed by atoms with Crippen molar-refractivity contribution in [3.05, 3.63) is 0 Å². The van der Waals surface area contributed by atoms with E-state index in [0.29, 0.717) is 6.54 Å². The van der Waals surface area contributed by atoms with Gasteiger partial charge in [-0.1, -0.05) is 6.92 Å². The average molecular weight is 173 g/mol. The molecular formula is C9H19NO2. The van der Waals surface area contributed by atoms with Gasteiger partial charge in [0.15, 0.2) is 0 Å². The number of aliphatic carboxylic acids is 1. The Kier molecular flexibility index (Phi) is 4.24. The Bertz CT molecular complexity index is 155. The first-order valence-electron chi connectivity index (χ1n) is 4.32. The molecule has 3 heteroatoms. The minimum Gasteiger partial charge on any atom is -0.481 e. The number of hydrogen-bond donors (Lipinski definition) is 1. The molecule has 0 aromatic carbocycles. The summed E-state index contributed by atoms with van der Waals surface area (Å²) in [6.07, 6.45) is 1.06. The molecule has 12 heavy (non-hydrogen) atoms. The molecule has 0 fully saturated rings. The first-order valence-corrected chi connectivity index (χ1v) is 4.32. The van der Waals surface area contributed by atoms with Crippen molar-refractivity contribution in [2.75, 3.05) is 20.1 Å². The maximum atomic E-state index is 10.7. The Morgan fingerprint density at radius 2 is 2.00 bits per heavy atom. The first-order chi connectivity index (χ1) is 5.40. The zero-order chi connectivity index (χ0) is 9.78. The molecule has 0 heterocycles. The summed E-state index contributed by atoms with van der Waals surface area (Å²) in [6.45, 7) is 7.15. The molecule has 0 aliphatic heterocycles. The number of carboxylic acids is 1. The highest BCUT2D eigenvalue weighted by atomic mass is 16.4. The van der Waals surface area contributed by atoms with Crippen LogP contribution in [-0.2, 0) is 4.79 Å². The van der Waals surface area contributed by atoms with Gasteiger partial charge in [-0.05, 0) is 33.9 Å². The highest BCUT2D eigenvalue weighted by molar-refractivity contribution is 5.73. The molecule has 0 radical (unpaired) electrons. The molecular weight excluding hydrogens is 154 g/mol. The number of nitrogens with zero attached hydrogens (tertiary/aromatic N) is 1. The van der Waals surface area contributed by atoms with Crippen LogP contribution in [0.15, 0.2) is 0 Å². The summed E-state index contributed by atoms with van der Waals surface area (Å²) in [7, 11) is 1.95. The van der Waals surface area contributed by atoms with Crippen LogP contribution in [-0.4, -0.2) is 36.1 Å². The Balaban J connectivity index is 3.96. The number of carboxylic acid groups (broad SMARTS) is 1. The molecule has 0 aromatic heterocycles. The molecule has 0 spiro atoms. The SMILES string of the molecule is CCCN(C)CC(C)(C)C(=O)O. The van der Waals surface area contributed by atoms with Gasteiger partial charge in [0, 0.05) is 6.54 Å². The molecule has 0 unspecified atom stereocenters. The summed E-state index contributed by atoms with van der Waals surface area (Å²) in [5.41, 5.74) is -0.635. The molecule has 1 N–H and O–H groups in total. The van der Waals surface area contributed by atoms with Crippen LogP contribution in [0.1, 0.15) is 27.2 Å². The van der Waals surface area contributed by atoms with Gasteiger partial charge in [0.05, 0.1) is 5.41 Å². The van der Waals surface area contributed by atoms with Gasteiger partial charge in [0.1, 0.15) is 0 Å².